The minimum Gasteiger partial charge on any atom is -0.468 e. The van der Waals surface area contributed by atoms with E-state index in [9.17, 15) is 13.6 Å². The summed E-state index contributed by atoms with van der Waals surface area (Å²) in [5.41, 5.74) is 1.43. The molecule has 0 N–H and O–H groups in total. The van der Waals surface area contributed by atoms with Crippen LogP contribution in [-0.2, 0) is 9.53 Å². The first-order chi connectivity index (χ1) is 11.4. The number of amidine groups is 1. The number of rotatable bonds is 7. The maximum absolute atomic E-state index is 12.2. The molecule has 0 bridgehead atoms. The molecule has 0 aliphatic rings. The summed E-state index contributed by atoms with van der Waals surface area (Å²) in [5.74, 6) is 0.447. The van der Waals surface area contributed by atoms with Crippen LogP contribution in [0.5, 0.6) is 5.75 Å². The zero-order chi connectivity index (χ0) is 18.1. The number of methoxy groups -OCH3 is 1. The molecule has 1 rings (SSSR count). The molecule has 1 aromatic carbocycles. The fraction of sp³-hybridized carbons (Fsp3) is 0.412. The Hall–Kier alpha value is -2.44. The maximum atomic E-state index is 12.2. The molecule has 7 heteroatoms. The number of allylic oxidation sites excluding steroid dienone is 1. The van der Waals surface area contributed by atoms with Crippen LogP contribution in [0.1, 0.15) is 25.8 Å². The van der Waals surface area contributed by atoms with E-state index in [1.165, 1.54) is 19.2 Å². The molecule has 0 unspecified atom stereocenters. The van der Waals surface area contributed by atoms with Crippen LogP contribution < -0.4 is 4.74 Å². The number of esters is 1. The van der Waals surface area contributed by atoms with E-state index in [1.54, 1.807) is 24.1 Å². The molecular weight excluding hydrogens is 318 g/mol. The standard InChI is InChI=1S/C17H22F2N2O3/c1-5-14(12-7-9-13(10-8-12)24-17(18)19)20-15(6-2)21(3)11-16(22)23-4/h5,7-10,17H,6,11H2,1-4H3/b14-5-,20-15?. The van der Waals surface area contributed by atoms with E-state index in [4.69, 9.17) is 0 Å². The van der Waals surface area contributed by atoms with Gasteiger partial charge in [0.15, 0.2) is 0 Å². The number of likely N-dealkylation sites (N-methyl/N-ethyl adjacent to an activating group) is 1. The Morgan fingerprint density at radius 1 is 1.33 bits per heavy atom. The van der Waals surface area contributed by atoms with E-state index in [2.05, 4.69) is 14.5 Å². The molecule has 1 aromatic rings. The van der Waals surface area contributed by atoms with Crippen molar-refractivity contribution in [1.82, 2.24) is 4.90 Å². The van der Waals surface area contributed by atoms with E-state index in [-0.39, 0.29) is 18.3 Å². The fourth-order valence-electron chi connectivity index (χ4n) is 2.03. The molecule has 24 heavy (non-hydrogen) atoms. The summed E-state index contributed by atoms with van der Waals surface area (Å²) in [6, 6.07) is 6.24. The first kappa shape index (κ1) is 19.6. The van der Waals surface area contributed by atoms with E-state index in [0.29, 0.717) is 18.0 Å². The smallest absolute Gasteiger partial charge is 0.387 e. The molecule has 0 atom stereocenters. The predicted molar refractivity (Wildman–Crippen MR) is 89.1 cm³/mol. The summed E-state index contributed by atoms with van der Waals surface area (Å²) in [4.78, 5) is 17.7. The Bertz CT molecular complexity index is 598. The first-order valence-corrected chi connectivity index (χ1v) is 7.48. The van der Waals surface area contributed by atoms with Crippen molar-refractivity contribution < 1.29 is 23.0 Å². The van der Waals surface area contributed by atoms with Crippen molar-refractivity contribution in [3.05, 3.63) is 35.9 Å². The quantitative estimate of drug-likeness (QED) is 0.433. The molecule has 0 saturated carbocycles. The second-order valence-corrected chi connectivity index (χ2v) is 4.89. The lowest BCUT2D eigenvalue weighted by molar-refractivity contribution is -0.140. The molecule has 0 heterocycles. The summed E-state index contributed by atoms with van der Waals surface area (Å²) < 4.78 is 33.4. The van der Waals surface area contributed by atoms with E-state index in [0.717, 1.165) is 5.56 Å². The summed E-state index contributed by atoms with van der Waals surface area (Å²) in [5, 5.41) is 0. The van der Waals surface area contributed by atoms with Crippen LogP contribution in [0.2, 0.25) is 0 Å². The highest BCUT2D eigenvalue weighted by molar-refractivity contribution is 5.90. The zero-order valence-corrected chi connectivity index (χ0v) is 14.3. The zero-order valence-electron chi connectivity index (χ0n) is 14.3. The van der Waals surface area contributed by atoms with Gasteiger partial charge in [-0.15, -0.1) is 0 Å². The van der Waals surface area contributed by atoms with Gasteiger partial charge in [0.2, 0.25) is 0 Å². The van der Waals surface area contributed by atoms with Crippen LogP contribution in [0.15, 0.2) is 35.3 Å². The van der Waals surface area contributed by atoms with Crippen molar-refractivity contribution in [3.63, 3.8) is 0 Å². The number of nitrogens with zero attached hydrogens (tertiary/aromatic N) is 2. The van der Waals surface area contributed by atoms with Crippen LogP contribution in [0.4, 0.5) is 8.78 Å². The number of carbonyl (C=O) groups excluding carboxylic acids is 1. The highest BCUT2D eigenvalue weighted by atomic mass is 19.3. The Morgan fingerprint density at radius 2 is 1.96 bits per heavy atom. The fourth-order valence-corrected chi connectivity index (χ4v) is 2.03. The topological polar surface area (TPSA) is 51.1 Å². The first-order valence-electron chi connectivity index (χ1n) is 7.48. The lowest BCUT2D eigenvalue weighted by Gasteiger charge is -2.19. The second-order valence-electron chi connectivity index (χ2n) is 4.89. The van der Waals surface area contributed by atoms with Gasteiger partial charge in [-0.1, -0.05) is 13.0 Å². The van der Waals surface area contributed by atoms with Gasteiger partial charge < -0.3 is 14.4 Å². The van der Waals surface area contributed by atoms with Crippen molar-refractivity contribution in [1.29, 1.82) is 0 Å². The van der Waals surface area contributed by atoms with E-state index >= 15 is 0 Å². The van der Waals surface area contributed by atoms with Crippen LogP contribution in [0.3, 0.4) is 0 Å². The predicted octanol–water partition coefficient (Wildman–Crippen LogP) is 3.56. The molecule has 0 aliphatic carbocycles. The van der Waals surface area contributed by atoms with Gasteiger partial charge in [0.05, 0.1) is 12.8 Å². The van der Waals surface area contributed by atoms with Gasteiger partial charge in [-0.3, -0.25) is 4.79 Å². The number of hydrogen-bond acceptors (Lipinski definition) is 4. The number of ether oxygens (including phenoxy) is 2. The second kappa shape index (κ2) is 9.64. The number of halogens is 2. The Balaban J connectivity index is 2.96. The molecule has 0 aromatic heterocycles. The summed E-state index contributed by atoms with van der Waals surface area (Å²) in [6.07, 6.45) is 2.43. The number of benzene rings is 1. The molecule has 5 nitrogen and oxygen atoms in total. The summed E-state index contributed by atoms with van der Waals surface area (Å²) >= 11 is 0. The molecule has 0 aliphatic heterocycles. The third-order valence-electron chi connectivity index (χ3n) is 3.25. The van der Waals surface area contributed by atoms with Crippen LogP contribution in [0.25, 0.3) is 5.70 Å². The van der Waals surface area contributed by atoms with Gasteiger partial charge >= 0.3 is 12.6 Å². The Labute approximate surface area is 140 Å². The Kier molecular flexibility index (Phi) is 7.88. The lowest BCUT2D eigenvalue weighted by Crippen LogP contribution is -2.32. The largest absolute Gasteiger partial charge is 0.468 e. The average molecular weight is 340 g/mol. The van der Waals surface area contributed by atoms with Gasteiger partial charge in [-0.05, 0) is 31.2 Å². The van der Waals surface area contributed by atoms with E-state index in [1.807, 2.05) is 19.9 Å². The molecule has 132 valence electrons. The molecular formula is C17H22F2N2O3. The third-order valence-corrected chi connectivity index (χ3v) is 3.25. The van der Waals surface area contributed by atoms with Crippen molar-refractivity contribution >= 4 is 17.5 Å². The molecule has 0 fully saturated rings. The van der Waals surface area contributed by atoms with Crippen LogP contribution >= 0.6 is 0 Å². The van der Waals surface area contributed by atoms with Crippen LogP contribution in [-0.4, -0.2) is 44.0 Å². The van der Waals surface area contributed by atoms with Crippen molar-refractivity contribution in [2.24, 2.45) is 4.99 Å². The van der Waals surface area contributed by atoms with Gasteiger partial charge in [-0.2, -0.15) is 8.78 Å². The van der Waals surface area contributed by atoms with Gasteiger partial charge in [0.1, 0.15) is 18.1 Å². The molecule has 0 radical (unpaired) electrons. The molecule has 0 amide bonds. The van der Waals surface area contributed by atoms with Gasteiger partial charge in [-0.25, -0.2) is 4.99 Å². The molecule has 0 saturated heterocycles. The molecule has 0 spiro atoms. The van der Waals surface area contributed by atoms with E-state index < -0.39 is 6.61 Å². The summed E-state index contributed by atoms with van der Waals surface area (Å²) in [7, 11) is 3.09. The minimum atomic E-state index is -2.85. The normalized spacial score (nSPS) is 12.3. The van der Waals surface area contributed by atoms with Crippen molar-refractivity contribution in [2.75, 3.05) is 20.7 Å². The number of alkyl halides is 2. The number of hydrogen-bond donors (Lipinski definition) is 0. The van der Waals surface area contributed by atoms with Gasteiger partial charge in [0.25, 0.3) is 0 Å². The number of aliphatic imine (C=N–C) groups is 1. The number of carbonyl (C=O) groups is 1. The minimum absolute atomic E-state index is 0.0895. The Morgan fingerprint density at radius 3 is 2.42 bits per heavy atom. The third kappa shape index (κ3) is 5.98. The average Bonchev–Trinajstić information content (AvgIpc) is 2.56. The van der Waals surface area contributed by atoms with Crippen molar-refractivity contribution in [3.8, 4) is 5.75 Å². The monoisotopic (exact) mass is 340 g/mol. The highest BCUT2D eigenvalue weighted by Crippen LogP contribution is 2.21. The maximum Gasteiger partial charge on any atom is 0.387 e. The van der Waals surface area contributed by atoms with Crippen LogP contribution in [0, 0.1) is 0 Å². The van der Waals surface area contributed by atoms with Crippen molar-refractivity contribution in [2.45, 2.75) is 26.9 Å². The lowest BCUT2D eigenvalue weighted by atomic mass is 10.1. The van der Waals surface area contributed by atoms with Gasteiger partial charge in [0, 0.05) is 19.0 Å². The highest BCUT2D eigenvalue weighted by Gasteiger charge is 2.11. The summed E-state index contributed by atoms with van der Waals surface area (Å²) in [6.45, 7) is 1.00. The SMILES string of the molecule is C/C=C(\N=C(CC)N(C)CC(=O)OC)c1ccc(OC(F)F)cc1.